The molecule has 0 amide bonds. The van der Waals surface area contributed by atoms with Gasteiger partial charge in [-0.1, -0.05) is 37.8 Å². The maximum absolute atomic E-state index is 3.61. The highest BCUT2D eigenvalue weighted by Crippen LogP contribution is 2.24. The molecule has 0 bridgehead atoms. The van der Waals surface area contributed by atoms with Gasteiger partial charge in [-0.25, -0.2) is 0 Å². The van der Waals surface area contributed by atoms with Crippen LogP contribution < -0.4 is 5.32 Å². The van der Waals surface area contributed by atoms with Gasteiger partial charge < -0.3 is 5.32 Å². The fraction of sp³-hybridized carbons (Fsp3) is 0.857. The molecule has 1 saturated carbocycles. The van der Waals surface area contributed by atoms with Gasteiger partial charge in [-0.3, -0.25) is 0 Å². The molecule has 0 aromatic rings. The molecule has 1 heteroatoms. The number of nitrogens with one attached hydrogen (secondary N) is 1. The molecule has 1 heterocycles. The van der Waals surface area contributed by atoms with Crippen LogP contribution in [0.2, 0.25) is 0 Å². The molecule has 1 unspecified atom stereocenters. The van der Waals surface area contributed by atoms with Gasteiger partial charge in [0.25, 0.3) is 0 Å². The van der Waals surface area contributed by atoms with E-state index in [1.807, 2.05) is 0 Å². The van der Waals surface area contributed by atoms with Crippen LogP contribution in [0.15, 0.2) is 12.2 Å². The lowest BCUT2D eigenvalue weighted by atomic mass is 9.88. The number of rotatable bonds is 3. The Balaban J connectivity index is 1.64. The first-order chi connectivity index (χ1) is 7.45. The molecule has 1 nitrogen and oxygen atoms in total. The fourth-order valence-electron chi connectivity index (χ4n) is 2.89. The molecule has 1 N–H and O–H groups in total. The number of piperidine rings is 1. The predicted octanol–water partition coefficient (Wildman–Crippen LogP) is 3.66. The van der Waals surface area contributed by atoms with E-state index < -0.39 is 0 Å². The minimum absolute atomic E-state index is 0.776. The molecular weight excluding hydrogens is 182 g/mol. The van der Waals surface area contributed by atoms with Gasteiger partial charge in [-0.05, 0) is 44.6 Å². The van der Waals surface area contributed by atoms with Gasteiger partial charge in [0, 0.05) is 6.04 Å². The molecule has 2 fully saturated rings. The Hall–Kier alpha value is -0.300. The molecule has 0 aromatic carbocycles. The summed E-state index contributed by atoms with van der Waals surface area (Å²) in [5.74, 6) is 0.905. The van der Waals surface area contributed by atoms with Crippen molar-refractivity contribution < 1.29 is 0 Å². The Morgan fingerprint density at radius 2 is 1.73 bits per heavy atom. The van der Waals surface area contributed by atoms with Crippen LogP contribution in [-0.2, 0) is 0 Å². The first-order valence-corrected chi connectivity index (χ1v) is 6.85. The summed E-state index contributed by atoms with van der Waals surface area (Å²) in [4.78, 5) is 0. The van der Waals surface area contributed by atoms with Gasteiger partial charge in [0.2, 0.25) is 0 Å². The summed E-state index contributed by atoms with van der Waals surface area (Å²) < 4.78 is 0. The zero-order valence-corrected chi connectivity index (χ0v) is 9.88. The van der Waals surface area contributed by atoms with E-state index >= 15 is 0 Å². The predicted molar refractivity (Wildman–Crippen MR) is 66.0 cm³/mol. The van der Waals surface area contributed by atoms with Gasteiger partial charge in [0.15, 0.2) is 0 Å². The molecule has 15 heavy (non-hydrogen) atoms. The van der Waals surface area contributed by atoms with Gasteiger partial charge in [-0.2, -0.15) is 0 Å². The van der Waals surface area contributed by atoms with Crippen LogP contribution in [-0.4, -0.2) is 12.6 Å². The minimum atomic E-state index is 0.776. The summed E-state index contributed by atoms with van der Waals surface area (Å²) in [5, 5.41) is 3.61. The van der Waals surface area contributed by atoms with Crippen LogP contribution in [0.4, 0.5) is 0 Å². The first-order valence-electron chi connectivity index (χ1n) is 6.85. The summed E-state index contributed by atoms with van der Waals surface area (Å²) in [6.07, 6.45) is 17.6. The van der Waals surface area contributed by atoms with E-state index in [4.69, 9.17) is 0 Å². The Morgan fingerprint density at radius 1 is 0.933 bits per heavy atom. The molecule has 0 aromatic heterocycles. The molecule has 1 aliphatic heterocycles. The summed E-state index contributed by atoms with van der Waals surface area (Å²) >= 11 is 0. The van der Waals surface area contributed by atoms with Crippen molar-refractivity contribution in [2.24, 2.45) is 5.92 Å². The third kappa shape index (κ3) is 3.98. The third-order valence-corrected chi connectivity index (χ3v) is 3.89. The average Bonchev–Trinajstić information content (AvgIpc) is 2.32. The second-order valence-electron chi connectivity index (χ2n) is 5.21. The second kappa shape index (κ2) is 6.32. The SMILES string of the molecule is C(=C\C1CCCCC1)/CC1CCCCN1. The average molecular weight is 207 g/mol. The van der Waals surface area contributed by atoms with E-state index in [-0.39, 0.29) is 0 Å². The Kier molecular flexibility index (Phi) is 4.72. The number of hydrogen-bond acceptors (Lipinski definition) is 1. The Morgan fingerprint density at radius 3 is 2.47 bits per heavy atom. The monoisotopic (exact) mass is 207 g/mol. The molecule has 1 aliphatic carbocycles. The van der Waals surface area contributed by atoms with Crippen LogP contribution in [0.3, 0.4) is 0 Å². The lowest BCUT2D eigenvalue weighted by Gasteiger charge is -2.22. The van der Waals surface area contributed by atoms with Crippen LogP contribution in [0.1, 0.15) is 57.8 Å². The van der Waals surface area contributed by atoms with Crippen LogP contribution in [0.25, 0.3) is 0 Å². The molecule has 0 radical (unpaired) electrons. The maximum Gasteiger partial charge on any atom is 0.0102 e. The quantitative estimate of drug-likeness (QED) is 0.696. The standard InChI is InChI=1S/C14H25N/c1-2-7-13(8-3-1)9-6-11-14-10-4-5-12-15-14/h6,9,13-15H,1-5,7-8,10-12H2/b9-6+. The molecule has 0 spiro atoms. The summed E-state index contributed by atoms with van der Waals surface area (Å²) in [5.41, 5.74) is 0. The van der Waals surface area contributed by atoms with Gasteiger partial charge in [0.05, 0.1) is 0 Å². The van der Waals surface area contributed by atoms with Crippen LogP contribution in [0.5, 0.6) is 0 Å². The largest absolute Gasteiger partial charge is 0.314 e. The van der Waals surface area contributed by atoms with Crippen molar-refractivity contribution in [3.63, 3.8) is 0 Å². The van der Waals surface area contributed by atoms with Crippen molar-refractivity contribution in [3.05, 3.63) is 12.2 Å². The van der Waals surface area contributed by atoms with Crippen molar-refractivity contribution in [1.82, 2.24) is 5.32 Å². The van der Waals surface area contributed by atoms with E-state index in [0.29, 0.717) is 0 Å². The fourth-order valence-corrected chi connectivity index (χ4v) is 2.89. The molecule has 2 aliphatic rings. The third-order valence-electron chi connectivity index (χ3n) is 3.89. The number of hydrogen-bond donors (Lipinski definition) is 1. The topological polar surface area (TPSA) is 12.0 Å². The summed E-state index contributed by atoms with van der Waals surface area (Å²) in [7, 11) is 0. The highest BCUT2D eigenvalue weighted by molar-refractivity contribution is 4.92. The lowest BCUT2D eigenvalue weighted by Crippen LogP contribution is -2.33. The number of allylic oxidation sites excluding steroid dienone is 1. The molecule has 1 saturated heterocycles. The van der Waals surface area contributed by atoms with E-state index in [1.54, 1.807) is 0 Å². The van der Waals surface area contributed by atoms with Crippen molar-refractivity contribution >= 4 is 0 Å². The first kappa shape index (κ1) is 11.2. The highest BCUT2D eigenvalue weighted by atomic mass is 14.9. The summed E-state index contributed by atoms with van der Waals surface area (Å²) in [6.45, 7) is 1.24. The summed E-state index contributed by atoms with van der Waals surface area (Å²) in [6, 6.07) is 0.776. The maximum atomic E-state index is 3.61. The second-order valence-corrected chi connectivity index (χ2v) is 5.21. The molecule has 2 rings (SSSR count). The normalized spacial score (nSPS) is 29.7. The van der Waals surface area contributed by atoms with E-state index in [0.717, 1.165) is 12.0 Å². The van der Waals surface area contributed by atoms with Crippen molar-refractivity contribution in [2.75, 3.05) is 6.54 Å². The van der Waals surface area contributed by atoms with Crippen LogP contribution in [0, 0.1) is 5.92 Å². The van der Waals surface area contributed by atoms with E-state index in [2.05, 4.69) is 17.5 Å². The van der Waals surface area contributed by atoms with Gasteiger partial charge in [0.1, 0.15) is 0 Å². The Bertz CT molecular complexity index is 186. The van der Waals surface area contributed by atoms with E-state index in [9.17, 15) is 0 Å². The van der Waals surface area contributed by atoms with Crippen molar-refractivity contribution in [3.8, 4) is 0 Å². The molecular formula is C14H25N. The van der Waals surface area contributed by atoms with Crippen LogP contribution >= 0.6 is 0 Å². The molecule has 1 atom stereocenters. The highest BCUT2D eigenvalue weighted by Gasteiger charge is 2.12. The molecule has 86 valence electrons. The zero-order valence-electron chi connectivity index (χ0n) is 9.88. The van der Waals surface area contributed by atoms with Crippen molar-refractivity contribution in [1.29, 1.82) is 0 Å². The van der Waals surface area contributed by atoms with Gasteiger partial charge in [-0.15, -0.1) is 0 Å². The minimum Gasteiger partial charge on any atom is -0.314 e. The Labute approximate surface area is 94.3 Å². The lowest BCUT2D eigenvalue weighted by molar-refractivity contribution is 0.398. The van der Waals surface area contributed by atoms with E-state index in [1.165, 1.54) is 64.3 Å². The van der Waals surface area contributed by atoms with Gasteiger partial charge >= 0.3 is 0 Å². The van der Waals surface area contributed by atoms with Crippen molar-refractivity contribution in [2.45, 2.75) is 63.8 Å². The smallest absolute Gasteiger partial charge is 0.0102 e. The zero-order chi connectivity index (χ0) is 10.3.